The van der Waals surface area contributed by atoms with Crippen molar-refractivity contribution in [2.45, 2.75) is 39.2 Å². The Bertz CT molecular complexity index is 247. The first-order chi connectivity index (χ1) is 7.79. The maximum atomic E-state index is 4.25. The molecule has 0 fully saturated rings. The molecule has 2 N–H and O–H groups in total. The summed E-state index contributed by atoms with van der Waals surface area (Å²) >= 11 is 1.67. The smallest absolute Gasteiger partial charge is 0.0794 e. The summed E-state index contributed by atoms with van der Waals surface area (Å²) in [6, 6.07) is 0.609. The average molecular weight is 241 g/mol. The van der Waals surface area contributed by atoms with Gasteiger partial charge in [0, 0.05) is 24.4 Å². The van der Waals surface area contributed by atoms with Crippen LogP contribution in [0.25, 0.3) is 0 Å². The first kappa shape index (κ1) is 13.6. The summed E-state index contributed by atoms with van der Waals surface area (Å²) < 4.78 is 0. The van der Waals surface area contributed by atoms with Gasteiger partial charge < -0.3 is 10.6 Å². The molecule has 1 aromatic heterocycles. The molecule has 1 heterocycles. The third-order valence-corrected chi connectivity index (χ3v) is 3.01. The average Bonchev–Trinajstić information content (AvgIpc) is 2.74. The molecule has 0 aromatic carbocycles. The molecule has 0 aliphatic heterocycles. The Morgan fingerprint density at radius 2 is 2.06 bits per heavy atom. The molecule has 0 aliphatic rings. The van der Waals surface area contributed by atoms with Crippen molar-refractivity contribution in [1.82, 2.24) is 15.6 Å². The molecule has 0 amide bonds. The second kappa shape index (κ2) is 8.67. The fraction of sp³-hybridized carbons (Fsp3) is 0.750. The van der Waals surface area contributed by atoms with Crippen LogP contribution in [0.15, 0.2) is 10.9 Å². The Morgan fingerprint density at radius 1 is 1.25 bits per heavy atom. The number of nitrogens with zero attached hydrogens (tertiary/aromatic N) is 1. The van der Waals surface area contributed by atoms with Gasteiger partial charge in [-0.05, 0) is 25.9 Å². The van der Waals surface area contributed by atoms with Crippen molar-refractivity contribution in [2.75, 3.05) is 19.6 Å². The molecule has 0 bridgehead atoms. The van der Waals surface area contributed by atoms with Gasteiger partial charge in [0.1, 0.15) is 0 Å². The third kappa shape index (κ3) is 6.93. The van der Waals surface area contributed by atoms with Gasteiger partial charge >= 0.3 is 0 Å². The number of hydrogen-bond donors (Lipinski definition) is 2. The predicted molar refractivity (Wildman–Crippen MR) is 71.1 cm³/mol. The zero-order valence-corrected chi connectivity index (χ0v) is 11.1. The summed E-state index contributed by atoms with van der Waals surface area (Å²) in [7, 11) is 0. The van der Waals surface area contributed by atoms with Gasteiger partial charge in [-0.1, -0.05) is 13.8 Å². The van der Waals surface area contributed by atoms with E-state index >= 15 is 0 Å². The number of rotatable bonds is 9. The summed E-state index contributed by atoms with van der Waals surface area (Å²) in [5.74, 6) is 0. The second-order valence-electron chi connectivity index (χ2n) is 4.30. The van der Waals surface area contributed by atoms with E-state index in [1.165, 1.54) is 18.5 Å². The van der Waals surface area contributed by atoms with Crippen LogP contribution in [0.3, 0.4) is 0 Å². The Kier molecular flexibility index (Phi) is 7.38. The first-order valence-corrected chi connectivity index (χ1v) is 7.04. The van der Waals surface area contributed by atoms with Crippen LogP contribution in [0.4, 0.5) is 0 Å². The van der Waals surface area contributed by atoms with Crippen LogP contribution in [0, 0.1) is 0 Å². The summed E-state index contributed by atoms with van der Waals surface area (Å²) in [6.45, 7) is 7.66. The lowest BCUT2D eigenvalue weighted by atomic mass is 10.2. The Morgan fingerprint density at radius 3 is 2.75 bits per heavy atom. The van der Waals surface area contributed by atoms with E-state index in [1.807, 2.05) is 5.51 Å². The fourth-order valence-electron chi connectivity index (χ4n) is 1.47. The van der Waals surface area contributed by atoms with Crippen LogP contribution in [0.1, 0.15) is 32.4 Å². The monoisotopic (exact) mass is 241 g/mol. The van der Waals surface area contributed by atoms with E-state index in [-0.39, 0.29) is 0 Å². The minimum atomic E-state index is 0.609. The molecule has 3 nitrogen and oxygen atoms in total. The molecule has 0 atom stereocenters. The lowest BCUT2D eigenvalue weighted by molar-refractivity contribution is 0.541. The first-order valence-electron chi connectivity index (χ1n) is 6.10. The van der Waals surface area contributed by atoms with Crippen LogP contribution < -0.4 is 10.6 Å². The third-order valence-electron chi connectivity index (χ3n) is 2.37. The van der Waals surface area contributed by atoms with Gasteiger partial charge in [-0.3, -0.25) is 0 Å². The number of unbranched alkanes of at least 4 members (excludes halogenated alkanes) is 1. The van der Waals surface area contributed by atoms with Crippen molar-refractivity contribution in [1.29, 1.82) is 0 Å². The Balaban J connectivity index is 1.82. The van der Waals surface area contributed by atoms with Crippen LogP contribution >= 0.6 is 11.3 Å². The van der Waals surface area contributed by atoms with Gasteiger partial charge in [0.25, 0.3) is 0 Å². The van der Waals surface area contributed by atoms with Crippen molar-refractivity contribution in [3.63, 3.8) is 0 Å². The van der Waals surface area contributed by atoms with Gasteiger partial charge in [0.2, 0.25) is 0 Å². The highest BCUT2D eigenvalue weighted by molar-refractivity contribution is 7.07. The topological polar surface area (TPSA) is 37.0 Å². The number of thiazole rings is 1. The molecule has 1 aromatic rings. The lowest BCUT2D eigenvalue weighted by Gasteiger charge is -2.07. The zero-order chi connectivity index (χ0) is 11.6. The highest BCUT2D eigenvalue weighted by atomic mass is 32.1. The Labute approximate surface area is 103 Å². The molecule has 0 unspecified atom stereocenters. The standard InChI is InChI=1S/C12H23N3S/c1-11(2)14-7-4-3-6-13-8-5-12-9-16-10-15-12/h9-11,13-14H,3-8H2,1-2H3. The van der Waals surface area contributed by atoms with Crippen molar-refractivity contribution in [2.24, 2.45) is 0 Å². The fourth-order valence-corrected chi connectivity index (χ4v) is 2.06. The molecule has 0 saturated carbocycles. The quantitative estimate of drug-likeness (QED) is 0.650. The van der Waals surface area contributed by atoms with E-state index in [9.17, 15) is 0 Å². The molecule has 0 aliphatic carbocycles. The second-order valence-corrected chi connectivity index (χ2v) is 5.01. The molecule has 0 saturated heterocycles. The van der Waals surface area contributed by atoms with Gasteiger partial charge in [-0.15, -0.1) is 11.3 Å². The molecule has 16 heavy (non-hydrogen) atoms. The van der Waals surface area contributed by atoms with Crippen LogP contribution in [0.5, 0.6) is 0 Å². The van der Waals surface area contributed by atoms with E-state index < -0.39 is 0 Å². The maximum absolute atomic E-state index is 4.25. The minimum absolute atomic E-state index is 0.609. The molecule has 92 valence electrons. The van der Waals surface area contributed by atoms with Crippen LogP contribution in [-0.2, 0) is 6.42 Å². The highest BCUT2D eigenvalue weighted by Crippen LogP contribution is 2.00. The maximum Gasteiger partial charge on any atom is 0.0794 e. The normalized spacial score (nSPS) is 11.2. The van der Waals surface area contributed by atoms with Crippen molar-refractivity contribution in [3.8, 4) is 0 Å². The van der Waals surface area contributed by atoms with E-state index in [4.69, 9.17) is 0 Å². The number of aromatic nitrogens is 1. The molecule has 1 rings (SSSR count). The molecule has 0 spiro atoms. The lowest BCUT2D eigenvalue weighted by Crippen LogP contribution is -2.25. The van der Waals surface area contributed by atoms with Gasteiger partial charge in [-0.2, -0.15) is 0 Å². The van der Waals surface area contributed by atoms with E-state index in [2.05, 4.69) is 34.8 Å². The molecule has 0 radical (unpaired) electrons. The van der Waals surface area contributed by atoms with Gasteiger partial charge in [-0.25, -0.2) is 4.98 Å². The largest absolute Gasteiger partial charge is 0.316 e. The summed E-state index contributed by atoms with van der Waals surface area (Å²) in [6.07, 6.45) is 3.55. The number of nitrogens with one attached hydrogen (secondary N) is 2. The van der Waals surface area contributed by atoms with Crippen molar-refractivity contribution >= 4 is 11.3 Å². The van der Waals surface area contributed by atoms with Crippen molar-refractivity contribution < 1.29 is 0 Å². The summed E-state index contributed by atoms with van der Waals surface area (Å²) in [5, 5.41) is 8.99. The number of hydrogen-bond acceptors (Lipinski definition) is 4. The molecular formula is C12H23N3S. The molecule has 4 heteroatoms. The van der Waals surface area contributed by atoms with Gasteiger partial charge in [0.05, 0.1) is 11.2 Å². The highest BCUT2D eigenvalue weighted by Gasteiger charge is 1.95. The molecular weight excluding hydrogens is 218 g/mol. The van der Waals surface area contributed by atoms with Gasteiger partial charge in [0.15, 0.2) is 0 Å². The minimum Gasteiger partial charge on any atom is -0.316 e. The Hall–Kier alpha value is -0.450. The van der Waals surface area contributed by atoms with Crippen molar-refractivity contribution in [3.05, 3.63) is 16.6 Å². The SMILES string of the molecule is CC(C)NCCCCNCCc1cscn1. The van der Waals surface area contributed by atoms with E-state index in [0.29, 0.717) is 6.04 Å². The van der Waals surface area contributed by atoms with E-state index in [0.717, 1.165) is 26.1 Å². The van der Waals surface area contributed by atoms with Crippen LogP contribution in [-0.4, -0.2) is 30.7 Å². The zero-order valence-electron chi connectivity index (χ0n) is 10.3. The predicted octanol–water partition coefficient (Wildman–Crippen LogP) is 2.05. The summed E-state index contributed by atoms with van der Waals surface area (Å²) in [4.78, 5) is 4.25. The van der Waals surface area contributed by atoms with Crippen LogP contribution in [0.2, 0.25) is 0 Å². The van der Waals surface area contributed by atoms with E-state index in [1.54, 1.807) is 11.3 Å². The summed E-state index contributed by atoms with van der Waals surface area (Å²) in [5.41, 5.74) is 3.10.